The fourth-order valence-corrected chi connectivity index (χ4v) is 1.54. The molecule has 0 fully saturated rings. The van der Waals surface area contributed by atoms with Gasteiger partial charge >= 0.3 is 6.09 Å². The molecule has 19 heavy (non-hydrogen) atoms. The Kier molecular flexibility index (Phi) is 5.10. The molecular weight excluding hydrogens is 268 g/mol. The number of hydrogen-bond donors (Lipinski definition) is 1. The van der Waals surface area contributed by atoms with Crippen LogP contribution in [0.1, 0.15) is 26.3 Å². The minimum atomic E-state index is -0.586. The molecule has 0 spiro atoms. The van der Waals surface area contributed by atoms with Crippen molar-refractivity contribution in [3.63, 3.8) is 0 Å². The predicted molar refractivity (Wildman–Crippen MR) is 73.1 cm³/mol. The largest absolute Gasteiger partial charge is 0.444 e. The summed E-state index contributed by atoms with van der Waals surface area (Å²) >= 11 is 5.85. The maximum atomic E-state index is 11.7. The van der Waals surface area contributed by atoms with Crippen molar-refractivity contribution >= 4 is 29.5 Å². The summed E-state index contributed by atoms with van der Waals surface area (Å²) in [4.78, 5) is 25.3. The van der Waals surface area contributed by atoms with Gasteiger partial charge in [-0.05, 0) is 44.5 Å². The molecule has 0 radical (unpaired) electrons. The van der Waals surface area contributed by atoms with E-state index in [-0.39, 0.29) is 6.54 Å². The first-order valence-electron chi connectivity index (χ1n) is 5.64. The van der Waals surface area contributed by atoms with Crippen LogP contribution >= 0.6 is 11.6 Å². The molecule has 0 bridgehead atoms. The van der Waals surface area contributed by atoms with Crippen molar-refractivity contribution in [2.75, 3.05) is 5.32 Å². The van der Waals surface area contributed by atoms with Crippen LogP contribution in [-0.2, 0) is 16.1 Å². The summed E-state index contributed by atoms with van der Waals surface area (Å²) in [6.07, 6.45) is 0.865. The second-order valence-electron chi connectivity index (χ2n) is 4.84. The second kappa shape index (κ2) is 6.36. The third-order valence-electron chi connectivity index (χ3n) is 2.02. The molecule has 5 nitrogen and oxygen atoms in total. The number of amides is 1. The van der Waals surface area contributed by atoms with Gasteiger partial charge in [-0.2, -0.15) is 0 Å². The summed E-state index contributed by atoms with van der Waals surface area (Å²) < 4.78 is 5.14. The average molecular weight is 283 g/mol. The molecule has 0 aromatic heterocycles. The molecule has 0 saturated carbocycles. The van der Waals surface area contributed by atoms with Gasteiger partial charge in [0.15, 0.2) is 0 Å². The summed E-state index contributed by atoms with van der Waals surface area (Å²) in [6.45, 7) is 5.40. The number of hydrogen-bond acceptors (Lipinski definition) is 4. The highest BCUT2D eigenvalue weighted by molar-refractivity contribution is 6.30. The highest BCUT2D eigenvalue weighted by atomic mass is 35.5. The van der Waals surface area contributed by atoms with Crippen LogP contribution in [0.2, 0.25) is 5.02 Å². The average Bonchev–Trinajstić information content (AvgIpc) is 2.27. The fourth-order valence-electron chi connectivity index (χ4n) is 1.35. The number of carbonyl (C=O) groups is 1. The molecule has 1 amide bonds. The van der Waals surface area contributed by atoms with Crippen molar-refractivity contribution in [1.82, 2.24) is 0 Å². The van der Waals surface area contributed by atoms with Gasteiger partial charge in [-0.25, -0.2) is 14.6 Å². The Morgan fingerprint density at radius 3 is 2.74 bits per heavy atom. The van der Waals surface area contributed by atoms with Crippen molar-refractivity contribution < 1.29 is 14.3 Å². The molecule has 1 N–H and O–H groups in total. The number of carbonyl (C=O) groups excluding carboxylic acids is 2. The van der Waals surface area contributed by atoms with Gasteiger partial charge in [-0.1, -0.05) is 11.6 Å². The van der Waals surface area contributed by atoms with Crippen molar-refractivity contribution in [1.29, 1.82) is 0 Å². The van der Waals surface area contributed by atoms with Gasteiger partial charge in [0.25, 0.3) is 0 Å². The molecule has 1 aromatic carbocycles. The van der Waals surface area contributed by atoms with Crippen LogP contribution in [0.5, 0.6) is 0 Å². The van der Waals surface area contributed by atoms with Crippen LogP contribution in [0.3, 0.4) is 0 Å². The predicted octanol–water partition coefficient (Wildman–Crippen LogP) is 3.52. The molecule has 1 aromatic rings. The smallest absolute Gasteiger partial charge is 0.412 e. The van der Waals surface area contributed by atoms with E-state index in [2.05, 4.69) is 10.3 Å². The van der Waals surface area contributed by atoms with E-state index in [9.17, 15) is 9.59 Å². The number of halogens is 1. The van der Waals surface area contributed by atoms with Crippen LogP contribution in [-0.4, -0.2) is 17.8 Å². The van der Waals surface area contributed by atoms with Gasteiger partial charge in [0.05, 0.1) is 6.54 Å². The molecule has 0 aliphatic carbocycles. The Balaban J connectivity index is 2.87. The summed E-state index contributed by atoms with van der Waals surface area (Å²) in [7, 11) is 0. The quantitative estimate of drug-likeness (QED) is 0.681. The van der Waals surface area contributed by atoms with E-state index in [0.717, 1.165) is 0 Å². The highest BCUT2D eigenvalue weighted by Gasteiger charge is 2.17. The van der Waals surface area contributed by atoms with Crippen molar-refractivity contribution in [2.24, 2.45) is 4.99 Å². The molecule has 0 heterocycles. The highest BCUT2D eigenvalue weighted by Crippen LogP contribution is 2.22. The number of benzene rings is 1. The molecule has 0 unspecified atom stereocenters. The molecular formula is C13H15ClN2O3. The lowest BCUT2D eigenvalue weighted by molar-refractivity contribution is 0.0636. The Morgan fingerprint density at radius 1 is 1.47 bits per heavy atom. The molecule has 6 heteroatoms. The zero-order valence-electron chi connectivity index (χ0n) is 11.0. The van der Waals surface area contributed by atoms with E-state index in [1.807, 2.05) is 0 Å². The number of nitrogens with one attached hydrogen (secondary N) is 1. The number of isocyanates is 1. The SMILES string of the molecule is CC(C)(C)OC(=O)Nc1ccc(Cl)cc1CN=C=O. The number of ether oxygens (including phenoxy) is 1. The maximum Gasteiger partial charge on any atom is 0.412 e. The van der Waals surface area contributed by atoms with Gasteiger partial charge in [0, 0.05) is 10.7 Å². The first-order chi connectivity index (χ1) is 8.81. The van der Waals surface area contributed by atoms with Gasteiger partial charge in [0.1, 0.15) is 5.60 Å². The molecule has 102 valence electrons. The summed E-state index contributed by atoms with van der Waals surface area (Å²) in [6, 6.07) is 4.87. The summed E-state index contributed by atoms with van der Waals surface area (Å²) in [5, 5.41) is 3.09. The normalized spacial score (nSPS) is 10.5. The Hall–Kier alpha value is -1.84. The van der Waals surface area contributed by atoms with Crippen LogP contribution in [0.25, 0.3) is 0 Å². The van der Waals surface area contributed by atoms with Gasteiger partial charge in [0.2, 0.25) is 6.08 Å². The number of anilines is 1. The standard InChI is InChI=1S/C13H15ClN2O3/c1-13(2,3)19-12(18)16-11-5-4-10(14)6-9(11)7-15-8-17/h4-6H,7H2,1-3H3,(H,16,18). The van der Waals surface area contributed by atoms with E-state index in [0.29, 0.717) is 16.3 Å². The van der Waals surface area contributed by atoms with Crippen molar-refractivity contribution in [3.8, 4) is 0 Å². The Labute approximate surface area is 116 Å². The molecule has 0 aliphatic heterocycles. The van der Waals surface area contributed by atoms with Crippen molar-refractivity contribution in [3.05, 3.63) is 28.8 Å². The Morgan fingerprint density at radius 2 is 2.16 bits per heavy atom. The van der Waals surface area contributed by atoms with Crippen molar-refractivity contribution in [2.45, 2.75) is 32.9 Å². The third kappa shape index (κ3) is 5.55. The minimum absolute atomic E-state index is 0.0925. The summed E-state index contributed by atoms with van der Waals surface area (Å²) in [5.41, 5.74) is 0.525. The lowest BCUT2D eigenvalue weighted by Gasteiger charge is -2.20. The first-order valence-corrected chi connectivity index (χ1v) is 6.01. The lowest BCUT2D eigenvalue weighted by atomic mass is 10.2. The van der Waals surface area contributed by atoms with E-state index >= 15 is 0 Å². The lowest BCUT2D eigenvalue weighted by Crippen LogP contribution is -2.27. The van der Waals surface area contributed by atoms with E-state index in [1.165, 1.54) is 6.08 Å². The first kappa shape index (κ1) is 15.2. The molecule has 0 aliphatic rings. The number of aliphatic imine (C=N–C) groups is 1. The molecule has 1 rings (SSSR count). The monoisotopic (exact) mass is 282 g/mol. The second-order valence-corrected chi connectivity index (χ2v) is 5.27. The van der Waals surface area contributed by atoms with Crippen LogP contribution in [0, 0.1) is 0 Å². The van der Waals surface area contributed by atoms with E-state index < -0.39 is 11.7 Å². The Bertz CT molecular complexity index is 517. The van der Waals surface area contributed by atoms with E-state index in [1.54, 1.807) is 39.0 Å². The zero-order valence-corrected chi connectivity index (χ0v) is 11.7. The van der Waals surface area contributed by atoms with Crippen LogP contribution in [0.4, 0.5) is 10.5 Å². The zero-order chi connectivity index (χ0) is 14.5. The molecule has 0 saturated heterocycles. The molecule has 0 atom stereocenters. The van der Waals surface area contributed by atoms with E-state index in [4.69, 9.17) is 16.3 Å². The van der Waals surface area contributed by atoms with Gasteiger partial charge < -0.3 is 4.74 Å². The van der Waals surface area contributed by atoms with Crippen LogP contribution in [0.15, 0.2) is 23.2 Å². The topological polar surface area (TPSA) is 67.8 Å². The van der Waals surface area contributed by atoms with Crippen LogP contribution < -0.4 is 5.32 Å². The van der Waals surface area contributed by atoms with Gasteiger partial charge in [-0.15, -0.1) is 0 Å². The number of rotatable bonds is 3. The minimum Gasteiger partial charge on any atom is -0.444 e. The third-order valence-corrected chi connectivity index (χ3v) is 2.25. The maximum absolute atomic E-state index is 11.7. The summed E-state index contributed by atoms with van der Waals surface area (Å²) in [5.74, 6) is 0. The fraction of sp³-hybridized carbons (Fsp3) is 0.385. The number of nitrogens with zero attached hydrogens (tertiary/aromatic N) is 1. The van der Waals surface area contributed by atoms with Gasteiger partial charge in [-0.3, -0.25) is 5.32 Å².